The molecule has 0 radical (unpaired) electrons. The van der Waals surface area contributed by atoms with Crippen LogP contribution in [0.3, 0.4) is 0 Å². The minimum Gasteiger partial charge on any atom is -0.474 e. The summed E-state index contributed by atoms with van der Waals surface area (Å²) in [7, 11) is 0. The second-order valence-electron chi connectivity index (χ2n) is 5.81. The lowest BCUT2D eigenvalue weighted by atomic mass is 10.1. The smallest absolute Gasteiger partial charge is 0.416 e. The number of hydrogen-bond donors (Lipinski definition) is 0. The van der Waals surface area contributed by atoms with Crippen LogP contribution in [0.4, 0.5) is 13.2 Å². The van der Waals surface area contributed by atoms with E-state index in [2.05, 4.69) is 0 Å². The lowest BCUT2D eigenvalue weighted by Crippen LogP contribution is -2.24. The molecule has 0 aliphatic heterocycles. The van der Waals surface area contributed by atoms with Gasteiger partial charge in [0.15, 0.2) is 0 Å². The maximum Gasteiger partial charge on any atom is 0.416 e. The van der Waals surface area contributed by atoms with Gasteiger partial charge in [-0.2, -0.15) is 13.2 Å². The fourth-order valence-electron chi connectivity index (χ4n) is 2.43. The van der Waals surface area contributed by atoms with Crippen molar-refractivity contribution in [3.63, 3.8) is 0 Å². The minimum atomic E-state index is -4.53. The van der Waals surface area contributed by atoms with Gasteiger partial charge in [0.1, 0.15) is 11.5 Å². The fourth-order valence-corrected chi connectivity index (χ4v) is 2.56. The molecule has 144 valence electrons. The van der Waals surface area contributed by atoms with Crippen LogP contribution in [0.2, 0.25) is 5.02 Å². The van der Waals surface area contributed by atoms with Crippen LogP contribution in [0.1, 0.15) is 17.2 Å². The predicted octanol–water partition coefficient (Wildman–Crippen LogP) is 6.08. The summed E-state index contributed by atoms with van der Waals surface area (Å²) in [5, 5.41) is 0.443. The van der Waals surface area contributed by atoms with Gasteiger partial charge < -0.3 is 9.47 Å². The van der Waals surface area contributed by atoms with E-state index in [-0.39, 0.29) is 5.75 Å². The Bertz CT molecular complexity index is 941. The van der Waals surface area contributed by atoms with E-state index >= 15 is 0 Å². The number of carbonyl (C=O) groups is 1. The predicted molar refractivity (Wildman–Crippen MR) is 98.3 cm³/mol. The molecule has 3 rings (SSSR count). The Morgan fingerprint density at radius 2 is 1.50 bits per heavy atom. The van der Waals surface area contributed by atoms with E-state index in [0.717, 1.165) is 12.1 Å². The van der Waals surface area contributed by atoms with E-state index < -0.39 is 23.8 Å². The van der Waals surface area contributed by atoms with Crippen LogP contribution in [0.25, 0.3) is 0 Å². The monoisotopic (exact) mass is 406 g/mol. The van der Waals surface area contributed by atoms with E-state index in [9.17, 15) is 18.0 Å². The lowest BCUT2D eigenvalue weighted by Gasteiger charge is -2.19. The number of rotatable bonds is 5. The van der Waals surface area contributed by atoms with Crippen molar-refractivity contribution in [2.75, 3.05) is 0 Å². The molecule has 28 heavy (non-hydrogen) atoms. The Hall–Kier alpha value is -2.99. The summed E-state index contributed by atoms with van der Waals surface area (Å²) in [6.45, 7) is 0. The van der Waals surface area contributed by atoms with E-state index in [0.29, 0.717) is 16.3 Å². The summed E-state index contributed by atoms with van der Waals surface area (Å²) < 4.78 is 49.8. The van der Waals surface area contributed by atoms with Gasteiger partial charge in [0.05, 0.1) is 5.56 Å². The number of alkyl halides is 3. The molecule has 0 saturated heterocycles. The van der Waals surface area contributed by atoms with Gasteiger partial charge in [-0.25, -0.2) is 4.79 Å². The topological polar surface area (TPSA) is 35.5 Å². The van der Waals surface area contributed by atoms with Gasteiger partial charge in [0.25, 0.3) is 0 Å². The zero-order valence-corrected chi connectivity index (χ0v) is 15.1. The molecule has 0 aliphatic rings. The molecular weight excluding hydrogens is 393 g/mol. The number of hydrogen-bond acceptors (Lipinski definition) is 3. The number of para-hydroxylation sites is 1. The van der Waals surface area contributed by atoms with Crippen molar-refractivity contribution in [3.8, 4) is 11.5 Å². The highest BCUT2D eigenvalue weighted by atomic mass is 35.5. The Labute approximate surface area is 164 Å². The number of esters is 1. The third-order valence-electron chi connectivity index (χ3n) is 3.76. The molecule has 0 saturated carbocycles. The molecule has 0 amide bonds. The highest BCUT2D eigenvalue weighted by molar-refractivity contribution is 6.30. The van der Waals surface area contributed by atoms with E-state index in [1.807, 2.05) is 0 Å². The van der Waals surface area contributed by atoms with Crippen LogP contribution in [-0.4, -0.2) is 5.97 Å². The van der Waals surface area contributed by atoms with Gasteiger partial charge >= 0.3 is 12.1 Å². The quantitative estimate of drug-likeness (QED) is 0.380. The van der Waals surface area contributed by atoms with E-state index in [4.69, 9.17) is 21.1 Å². The number of halogens is 4. The van der Waals surface area contributed by atoms with Crippen molar-refractivity contribution in [2.45, 2.75) is 12.3 Å². The van der Waals surface area contributed by atoms with Crippen LogP contribution in [0.15, 0.2) is 78.9 Å². The zero-order chi connectivity index (χ0) is 20.1. The Morgan fingerprint density at radius 1 is 0.857 bits per heavy atom. The first-order valence-electron chi connectivity index (χ1n) is 8.19. The summed E-state index contributed by atoms with van der Waals surface area (Å²) in [5.74, 6) is -0.593. The molecule has 3 aromatic carbocycles. The molecule has 0 N–H and O–H groups in total. The first-order valence-corrected chi connectivity index (χ1v) is 8.57. The zero-order valence-electron chi connectivity index (χ0n) is 14.3. The SMILES string of the molecule is O=C(Oc1ccccc1)C(Oc1cccc(C(F)(F)F)c1)c1ccc(Cl)cc1. The fraction of sp³-hybridized carbons (Fsp3) is 0.0952. The van der Waals surface area contributed by atoms with E-state index in [1.165, 1.54) is 12.1 Å². The van der Waals surface area contributed by atoms with Crippen molar-refractivity contribution in [1.82, 2.24) is 0 Å². The van der Waals surface area contributed by atoms with Crippen molar-refractivity contribution in [2.24, 2.45) is 0 Å². The summed E-state index contributed by atoms with van der Waals surface area (Å²) in [4.78, 5) is 12.7. The summed E-state index contributed by atoms with van der Waals surface area (Å²) >= 11 is 5.87. The molecule has 1 atom stereocenters. The maximum atomic E-state index is 13.0. The molecule has 0 fully saturated rings. The molecule has 0 spiro atoms. The van der Waals surface area contributed by atoms with Gasteiger partial charge in [-0.3, -0.25) is 0 Å². The largest absolute Gasteiger partial charge is 0.474 e. The first kappa shape index (κ1) is 19.8. The maximum absolute atomic E-state index is 13.0. The van der Waals surface area contributed by atoms with Crippen molar-refractivity contribution >= 4 is 17.6 Å². The Balaban J connectivity index is 1.90. The normalized spacial score (nSPS) is 12.3. The first-order chi connectivity index (χ1) is 13.3. The summed E-state index contributed by atoms with van der Waals surface area (Å²) in [6, 6.07) is 18.8. The standard InChI is InChI=1S/C21H14ClF3O3/c22-16-11-9-14(10-12-16)19(20(26)28-17-6-2-1-3-7-17)27-18-8-4-5-15(13-18)21(23,24)25/h1-13,19H. The van der Waals surface area contributed by atoms with Gasteiger partial charge in [-0.1, -0.05) is 48.0 Å². The highest BCUT2D eigenvalue weighted by Gasteiger charge is 2.31. The third-order valence-corrected chi connectivity index (χ3v) is 4.02. The van der Waals surface area contributed by atoms with Gasteiger partial charge in [-0.15, -0.1) is 0 Å². The molecule has 0 heterocycles. The molecule has 0 aliphatic carbocycles. The van der Waals surface area contributed by atoms with Gasteiger partial charge in [0, 0.05) is 10.6 Å². The second kappa shape index (κ2) is 8.35. The van der Waals surface area contributed by atoms with Crippen molar-refractivity contribution in [1.29, 1.82) is 0 Å². The van der Waals surface area contributed by atoms with Gasteiger partial charge in [-0.05, 0) is 42.5 Å². The Kier molecular flexibility index (Phi) is 5.90. The molecule has 1 unspecified atom stereocenters. The van der Waals surface area contributed by atoms with Crippen LogP contribution in [0.5, 0.6) is 11.5 Å². The summed E-state index contributed by atoms with van der Waals surface area (Å²) in [6.07, 6.45) is -5.80. The van der Waals surface area contributed by atoms with Crippen LogP contribution in [-0.2, 0) is 11.0 Å². The van der Waals surface area contributed by atoms with E-state index in [1.54, 1.807) is 54.6 Å². The average Bonchev–Trinajstić information content (AvgIpc) is 2.67. The second-order valence-corrected chi connectivity index (χ2v) is 6.25. The van der Waals surface area contributed by atoms with Crippen LogP contribution < -0.4 is 9.47 Å². The molecule has 3 aromatic rings. The lowest BCUT2D eigenvalue weighted by molar-refractivity contribution is -0.142. The van der Waals surface area contributed by atoms with Crippen molar-refractivity contribution in [3.05, 3.63) is 95.0 Å². The number of carbonyl (C=O) groups excluding carboxylic acids is 1. The average molecular weight is 407 g/mol. The molecule has 0 aromatic heterocycles. The summed E-state index contributed by atoms with van der Waals surface area (Å²) in [5.41, 5.74) is -0.487. The number of ether oxygens (including phenoxy) is 2. The molecule has 3 nitrogen and oxygen atoms in total. The number of benzene rings is 3. The van der Waals surface area contributed by atoms with Crippen LogP contribution in [0, 0.1) is 0 Å². The van der Waals surface area contributed by atoms with Crippen molar-refractivity contribution < 1.29 is 27.4 Å². The van der Waals surface area contributed by atoms with Crippen LogP contribution >= 0.6 is 11.6 Å². The third kappa shape index (κ3) is 5.04. The molecule has 0 bridgehead atoms. The minimum absolute atomic E-state index is 0.111. The molecular formula is C21H14ClF3O3. The highest BCUT2D eigenvalue weighted by Crippen LogP contribution is 2.33. The Morgan fingerprint density at radius 3 is 2.14 bits per heavy atom. The molecule has 7 heteroatoms. The van der Waals surface area contributed by atoms with Gasteiger partial charge in [0.2, 0.25) is 6.10 Å².